The minimum atomic E-state index is -2.76. The van der Waals surface area contributed by atoms with Gasteiger partial charge in [-0.25, -0.2) is 13.6 Å². The summed E-state index contributed by atoms with van der Waals surface area (Å²) in [5.41, 5.74) is 0.323. The lowest BCUT2D eigenvalue weighted by Crippen LogP contribution is -2.38. The van der Waals surface area contributed by atoms with Gasteiger partial charge in [-0.05, 0) is 12.1 Å². The average molecular weight is 326 g/mol. The average Bonchev–Trinajstić information content (AvgIpc) is 2.81. The molecule has 1 aliphatic rings. The molecule has 0 unspecified atom stereocenters. The van der Waals surface area contributed by atoms with Crippen LogP contribution in [-0.2, 0) is 19.0 Å². The highest BCUT2D eigenvalue weighted by molar-refractivity contribution is 6.11. The van der Waals surface area contributed by atoms with E-state index in [1.807, 2.05) is 0 Å². The molecule has 1 fully saturated rings. The van der Waals surface area contributed by atoms with E-state index in [0.717, 1.165) is 6.92 Å². The van der Waals surface area contributed by atoms with Gasteiger partial charge in [0.25, 0.3) is 0 Å². The first-order valence-electron chi connectivity index (χ1n) is 7.23. The van der Waals surface area contributed by atoms with Crippen LogP contribution >= 0.6 is 0 Å². The molecule has 2 rings (SSSR count). The van der Waals surface area contributed by atoms with Crippen LogP contribution in [0.15, 0.2) is 30.3 Å². The van der Waals surface area contributed by atoms with E-state index in [9.17, 15) is 18.4 Å². The van der Waals surface area contributed by atoms with Crippen LogP contribution in [0.1, 0.15) is 17.3 Å². The molecule has 4 atom stereocenters. The maximum atomic E-state index is 13.3. The van der Waals surface area contributed by atoms with Gasteiger partial charge in [0, 0.05) is 6.92 Å². The van der Waals surface area contributed by atoms with Crippen molar-refractivity contribution in [1.82, 2.24) is 0 Å². The second-order valence-corrected chi connectivity index (χ2v) is 5.33. The van der Waals surface area contributed by atoms with E-state index >= 15 is 0 Å². The van der Waals surface area contributed by atoms with Crippen LogP contribution in [0.2, 0.25) is 0 Å². The van der Waals surface area contributed by atoms with Gasteiger partial charge in [0.2, 0.25) is 6.43 Å². The van der Waals surface area contributed by atoms with E-state index in [-0.39, 0.29) is 6.61 Å². The smallest absolute Gasteiger partial charge is 0.338 e. The van der Waals surface area contributed by atoms with Crippen molar-refractivity contribution in [1.29, 1.82) is 0 Å². The molecule has 1 aromatic rings. The third-order valence-corrected chi connectivity index (χ3v) is 3.64. The molecule has 0 radical (unpaired) electrons. The molecular weight excluding hydrogens is 309 g/mol. The second-order valence-electron chi connectivity index (χ2n) is 5.33. The summed E-state index contributed by atoms with van der Waals surface area (Å²) < 4.78 is 42.0. The Kier molecular flexibility index (Phi) is 5.71. The van der Waals surface area contributed by atoms with Crippen molar-refractivity contribution in [2.24, 2.45) is 5.92 Å². The molecule has 0 bridgehead atoms. The van der Waals surface area contributed by atoms with Crippen molar-refractivity contribution in [3.63, 3.8) is 0 Å². The van der Waals surface area contributed by atoms with Gasteiger partial charge in [0.15, 0.2) is 0 Å². The quantitative estimate of drug-likeness (QED) is 0.597. The predicted octanol–water partition coefficient (Wildman–Crippen LogP) is 1.01. The molecule has 1 aromatic carbocycles. The van der Waals surface area contributed by atoms with Gasteiger partial charge in [0.1, 0.15) is 26.7 Å². The van der Waals surface area contributed by atoms with Gasteiger partial charge in [-0.1, -0.05) is 18.2 Å². The fraction of sp³-hybridized carbons (Fsp3) is 0.467. The maximum absolute atomic E-state index is 13.3. The maximum Gasteiger partial charge on any atom is 0.338 e. The zero-order chi connectivity index (χ0) is 17.0. The summed E-state index contributed by atoms with van der Waals surface area (Å²) >= 11 is 0. The number of ether oxygens (including phenoxy) is 3. The van der Waals surface area contributed by atoms with Crippen LogP contribution in [0.25, 0.3) is 0 Å². The molecule has 23 heavy (non-hydrogen) atoms. The van der Waals surface area contributed by atoms with E-state index in [2.05, 4.69) is 0 Å². The molecule has 0 aliphatic carbocycles. The molecule has 0 saturated carbocycles. The zero-order valence-corrected chi connectivity index (χ0v) is 12.8. The van der Waals surface area contributed by atoms with Crippen LogP contribution in [0.4, 0.5) is 8.78 Å². The Balaban J connectivity index is 2.01. The third kappa shape index (κ3) is 4.28. The van der Waals surface area contributed by atoms with Gasteiger partial charge >= 0.3 is 11.9 Å². The highest BCUT2D eigenvalue weighted by Gasteiger charge is 2.49. The first-order valence-corrected chi connectivity index (χ1v) is 7.23. The fourth-order valence-electron chi connectivity index (χ4n) is 2.61. The van der Waals surface area contributed by atoms with Crippen molar-refractivity contribution >= 4 is 19.8 Å². The lowest BCUT2D eigenvalue weighted by atomic mass is 9.87. The Hall–Kier alpha value is -1.96. The second kappa shape index (κ2) is 7.54. The lowest BCUT2D eigenvalue weighted by Gasteiger charge is -2.22. The molecule has 124 valence electrons. The molecule has 0 aromatic heterocycles. The third-order valence-electron chi connectivity index (χ3n) is 3.64. The normalized spacial score (nSPS) is 27.0. The molecule has 5 nitrogen and oxygen atoms in total. The summed E-state index contributed by atoms with van der Waals surface area (Å²) in [6.45, 7) is 0.822. The molecule has 1 heterocycles. The molecule has 0 amide bonds. The molecule has 1 saturated heterocycles. The van der Waals surface area contributed by atoms with Crippen LogP contribution in [0.5, 0.6) is 0 Å². The Labute approximate surface area is 133 Å². The highest BCUT2D eigenvalue weighted by atomic mass is 19.3. The molecular formula is C15H17BF2O5. The Morgan fingerprint density at radius 1 is 1.30 bits per heavy atom. The van der Waals surface area contributed by atoms with E-state index in [1.54, 1.807) is 38.2 Å². The van der Waals surface area contributed by atoms with Crippen molar-refractivity contribution < 1.29 is 32.6 Å². The number of halogens is 2. The number of carbonyl (C=O) groups excluding carboxylic acids is 2. The number of benzene rings is 1. The minimum Gasteiger partial charge on any atom is -0.460 e. The Morgan fingerprint density at radius 3 is 2.52 bits per heavy atom. The van der Waals surface area contributed by atoms with E-state index in [4.69, 9.17) is 14.2 Å². The van der Waals surface area contributed by atoms with Gasteiger partial charge in [-0.15, -0.1) is 0 Å². The van der Waals surface area contributed by atoms with E-state index < -0.39 is 42.5 Å². The summed E-state index contributed by atoms with van der Waals surface area (Å²) in [6.07, 6.45) is -4.85. The fourth-order valence-corrected chi connectivity index (χ4v) is 2.61. The minimum absolute atomic E-state index is 0.323. The van der Waals surface area contributed by atoms with Gasteiger partial charge in [-0.2, -0.15) is 0 Å². The summed E-state index contributed by atoms with van der Waals surface area (Å²) in [6, 6.07) is 7.51. The van der Waals surface area contributed by atoms with Crippen molar-refractivity contribution in [3.8, 4) is 0 Å². The highest BCUT2D eigenvalue weighted by Crippen LogP contribution is 2.33. The molecule has 0 N–H and O–H groups in total. The van der Waals surface area contributed by atoms with Gasteiger partial charge in [0.05, 0.1) is 17.5 Å². The van der Waals surface area contributed by atoms with Gasteiger partial charge in [-0.3, -0.25) is 4.79 Å². The van der Waals surface area contributed by atoms with E-state index in [1.165, 1.54) is 0 Å². The Morgan fingerprint density at radius 2 is 1.96 bits per heavy atom. The van der Waals surface area contributed by atoms with Crippen molar-refractivity contribution in [2.45, 2.75) is 31.6 Å². The molecule has 1 aliphatic heterocycles. The largest absolute Gasteiger partial charge is 0.460 e. The first kappa shape index (κ1) is 17.4. The number of rotatable bonds is 5. The van der Waals surface area contributed by atoms with E-state index in [0.29, 0.717) is 5.56 Å². The predicted molar refractivity (Wildman–Crippen MR) is 79.0 cm³/mol. The summed E-state index contributed by atoms with van der Waals surface area (Å²) in [4.78, 5) is 22.9. The summed E-state index contributed by atoms with van der Waals surface area (Å²) in [5, 5.41) is 0. The van der Waals surface area contributed by atoms with Crippen LogP contribution in [0.3, 0.4) is 0 Å². The number of hydrogen-bond donors (Lipinski definition) is 0. The monoisotopic (exact) mass is 326 g/mol. The zero-order valence-electron chi connectivity index (χ0n) is 12.8. The molecule has 8 heteroatoms. The SMILES string of the molecule is B[C@@H]1O[C@H](COC(=O)c2ccccc2)[C@@H](C(F)F)[C@H]1OC(C)=O. The van der Waals surface area contributed by atoms with Gasteiger partial charge < -0.3 is 14.2 Å². The molecule has 0 spiro atoms. The first-order chi connectivity index (χ1) is 10.9. The topological polar surface area (TPSA) is 61.8 Å². The van der Waals surface area contributed by atoms with Crippen molar-refractivity contribution in [2.75, 3.05) is 6.61 Å². The number of carbonyl (C=O) groups is 2. The summed E-state index contributed by atoms with van der Waals surface area (Å²) in [5.74, 6) is -2.61. The lowest BCUT2D eigenvalue weighted by molar-refractivity contribution is -0.151. The van der Waals surface area contributed by atoms with Crippen LogP contribution in [-0.4, -0.2) is 51.0 Å². The van der Waals surface area contributed by atoms with Crippen LogP contribution in [0, 0.1) is 5.92 Å². The standard InChI is InChI=1S/C15H17BF2O5/c1-8(19)22-12-11(14(17)18)10(23-13(12)16)7-21-15(20)9-5-3-2-4-6-9/h2-6,10-14H,7,16H2,1H3/t10-,11-,12-,13-/m1/s1. The van der Waals surface area contributed by atoms with Crippen molar-refractivity contribution in [3.05, 3.63) is 35.9 Å². The number of hydrogen-bond acceptors (Lipinski definition) is 5. The number of alkyl halides is 2. The number of esters is 2. The summed E-state index contributed by atoms with van der Waals surface area (Å²) in [7, 11) is 1.54. The van der Waals surface area contributed by atoms with Crippen LogP contribution < -0.4 is 0 Å². The Bertz CT molecular complexity index is 554.